The van der Waals surface area contributed by atoms with Crippen LogP contribution in [0.3, 0.4) is 0 Å². The highest BCUT2D eigenvalue weighted by atomic mass is 79.9. The number of hydrogen-bond donors (Lipinski definition) is 0. The van der Waals surface area contributed by atoms with Crippen LogP contribution in [0.1, 0.15) is 20.8 Å². The third-order valence-corrected chi connectivity index (χ3v) is 5.97. The van der Waals surface area contributed by atoms with E-state index >= 15 is 0 Å². The first-order valence-electron chi connectivity index (χ1n) is 9.48. The fourth-order valence-corrected chi connectivity index (χ4v) is 4.16. The number of hydrogen-bond acceptors (Lipinski definition) is 5. The summed E-state index contributed by atoms with van der Waals surface area (Å²) in [5.41, 5.74) is 0.355. The SMILES string of the molecule is CN1C(=O)[C@H]2CN(C(=O)OC(C)(C)C)CCN2c2c1cnc1c(F)c(Br)c(F)cc21. The van der Waals surface area contributed by atoms with E-state index in [0.29, 0.717) is 24.5 Å². The number of carbonyl (C=O) groups excluding carboxylic acids is 2. The number of benzene rings is 1. The fourth-order valence-electron chi connectivity index (χ4n) is 3.86. The lowest BCUT2D eigenvalue weighted by Gasteiger charge is -2.47. The molecule has 2 aromatic rings. The molecule has 0 aliphatic carbocycles. The molecule has 160 valence electrons. The van der Waals surface area contributed by atoms with Crippen LogP contribution in [0.15, 0.2) is 16.7 Å². The average Bonchev–Trinajstić information content (AvgIpc) is 2.68. The highest BCUT2D eigenvalue weighted by Crippen LogP contribution is 2.43. The average molecular weight is 483 g/mol. The Morgan fingerprint density at radius 1 is 1.30 bits per heavy atom. The Labute approximate surface area is 180 Å². The molecule has 0 radical (unpaired) electrons. The van der Waals surface area contributed by atoms with Gasteiger partial charge in [0, 0.05) is 25.5 Å². The van der Waals surface area contributed by atoms with Crippen LogP contribution in [0.5, 0.6) is 0 Å². The van der Waals surface area contributed by atoms with Gasteiger partial charge in [-0.3, -0.25) is 9.78 Å². The van der Waals surface area contributed by atoms with Crippen molar-refractivity contribution >= 4 is 50.2 Å². The van der Waals surface area contributed by atoms with E-state index in [0.717, 1.165) is 0 Å². The maximum atomic E-state index is 14.6. The van der Waals surface area contributed by atoms with Gasteiger partial charge in [0.25, 0.3) is 5.91 Å². The summed E-state index contributed by atoms with van der Waals surface area (Å²) < 4.78 is 34.1. The predicted molar refractivity (Wildman–Crippen MR) is 112 cm³/mol. The molecule has 1 saturated heterocycles. The molecule has 2 aliphatic heterocycles. The van der Waals surface area contributed by atoms with Crippen molar-refractivity contribution in [2.24, 2.45) is 0 Å². The van der Waals surface area contributed by atoms with Gasteiger partial charge in [-0.1, -0.05) is 0 Å². The molecule has 10 heteroatoms. The van der Waals surface area contributed by atoms with Crippen molar-refractivity contribution in [1.29, 1.82) is 0 Å². The highest BCUT2D eigenvalue weighted by Gasteiger charge is 2.43. The zero-order chi connectivity index (χ0) is 22.0. The Balaban J connectivity index is 1.78. The molecular formula is C20H21BrF2N4O3. The molecule has 1 atom stereocenters. The van der Waals surface area contributed by atoms with Crippen LogP contribution in [-0.4, -0.2) is 60.2 Å². The Bertz CT molecular complexity index is 1070. The third-order valence-electron chi connectivity index (χ3n) is 5.25. The predicted octanol–water partition coefficient (Wildman–Crippen LogP) is 3.68. The van der Waals surface area contributed by atoms with Crippen LogP contribution in [0, 0.1) is 11.6 Å². The number of anilines is 2. The number of carbonyl (C=O) groups is 2. The van der Waals surface area contributed by atoms with Crippen molar-refractivity contribution in [3.8, 4) is 0 Å². The molecule has 30 heavy (non-hydrogen) atoms. The molecule has 0 spiro atoms. The summed E-state index contributed by atoms with van der Waals surface area (Å²) in [6, 6.07) is 0.527. The van der Waals surface area contributed by atoms with Gasteiger partial charge in [0.05, 0.1) is 28.6 Å². The van der Waals surface area contributed by atoms with Gasteiger partial charge in [0.1, 0.15) is 23.0 Å². The van der Waals surface area contributed by atoms with E-state index in [1.807, 2.05) is 0 Å². The van der Waals surface area contributed by atoms with Crippen molar-refractivity contribution in [2.45, 2.75) is 32.4 Å². The largest absolute Gasteiger partial charge is 0.444 e. The number of halogens is 3. The minimum Gasteiger partial charge on any atom is -0.444 e. The third kappa shape index (κ3) is 3.27. The smallest absolute Gasteiger partial charge is 0.410 e. The van der Waals surface area contributed by atoms with E-state index in [-0.39, 0.29) is 27.8 Å². The molecule has 0 bridgehead atoms. The van der Waals surface area contributed by atoms with E-state index in [1.165, 1.54) is 22.1 Å². The normalized spacial score (nSPS) is 19.1. The van der Waals surface area contributed by atoms with Crippen LogP contribution in [0.4, 0.5) is 25.0 Å². The number of nitrogens with zero attached hydrogens (tertiary/aromatic N) is 4. The van der Waals surface area contributed by atoms with E-state index in [9.17, 15) is 18.4 Å². The molecule has 3 heterocycles. The van der Waals surface area contributed by atoms with Gasteiger partial charge < -0.3 is 19.4 Å². The summed E-state index contributed by atoms with van der Waals surface area (Å²) in [7, 11) is 1.59. The molecule has 4 rings (SSSR count). The molecule has 1 aromatic heterocycles. The van der Waals surface area contributed by atoms with Crippen LogP contribution in [-0.2, 0) is 9.53 Å². The zero-order valence-corrected chi connectivity index (χ0v) is 18.6. The number of ether oxygens (including phenoxy) is 1. The molecule has 1 aromatic carbocycles. The number of likely N-dealkylation sites (N-methyl/N-ethyl adjacent to an activating group) is 1. The lowest BCUT2D eigenvalue weighted by molar-refractivity contribution is -0.120. The maximum absolute atomic E-state index is 14.6. The van der Waals surface area contributed by atoms with E-state index in [4.69, 9.17) is 4.74 Å². The summed E-state index contributed by atoms with van der Waals surface area (Å²) in [4.78, 5) is 34.4. The summed E-state index contributed by atoms with van der Waals surface area (Å²) in [5, 5.41) is 0.278. The molecule has 0 saturated carbocycles. The first-order chi connectivity index (χ1) is 14.0. The molecule has 1 fully saturated rings. The van der Waals surface area contributed by atoms with Crippen LogP contribution >= 0.6 is 15.9 Å². The van der Waals surface area contributed by atoms with Crippen molar-refractivity contribution in [1.82, 2.24) is 9.88 Å². The zero-order valence-electron chi connectivity index (χ0n) is 17.0. The Kier molecular flexibility index (Phi) is 4.87. The maximum Gasteiger partial charge on any atom is 0.410 e. The Morgan fingerprint density at radius 3 is 2.67 bits per heavy atom. The van der Waals surface area contributed by atoms with Crippen molar-refractivity contribution in [3.05, 3.63) is 28.4 Å². The Hall–Kier alpha value is -2.49. The second-order valence-corrected chi connectivity index (χ2v) is 9.20. The standard InChI is InChI=1S/C20H21BrF2N4O3/c1-20(2,3)30-19(29)26-5-6-27-13(9-26)18(28)25(4)12-8-24-16-10(17(12)27)7-11(22)14(21)15(16)23/h7-8,13H,5-6,9H2,1-4H3/t13-/m1/s1. The van der Waals surface area contributed by atoms with E-state index in [1.54, 1.807) is 32.7 Å². The molecule has 0 unspecified atom stereocenters. The van der Waals surface area contributed by atoms with Crippen molar-refractivity contribution in [3.63, 3.8) is 0 Å². The minimum atomic E-state index is -0.795. The second-order valence-electron chi connectivity index (χ2n) is 8.41. The molecule has 7 nitrogen and oxygen atoms in total. The Morgan fingerprint density at radius 2 is 2.00 bits per heavy atom. The van der Waals surface area contributed by atoms with Gasteiger partial charge in [-0.15, -0.1) is 0 Å². The van der Waals surface area contributed by atoms with Crippen LogP contribution < -0.4 is 9.80 Å². The molecule has 0 N–H and O–H groups in total. The monoisotopic (exact) mass is 482 g/mol. The summed E-state index contributed by atoms with van der Waals surface area (Å²) in [6.45, 7) is 6.07. The van der Waals surface area contributed by atoms with Crippen LogP contribution in [0.2, 0.25) is 0 Å². The quantitative estimate of drug-likeness (QED) is 0.535. The topological polar surface area (TPSA) is 66.0 Å². The summed E-state index contributed by atoms with van der Waals surface area (Å²) in [5.74, 6) is -1.77. The molecular weight excluding hydrogens is 462 g/mol. The highest BCUT2D eigenvalue weighted by molar-refractivity contribution is 9.10. The lowest BCUT2D eigenvalue weighted by atomic mass is 10.0. The van der Waals surface area contributed by atoms with Gasteiger partial charge >= 0.3 is 6.09 Å². The second kappa shape index (κ2) is 7.04. The van der Waals surface area contributed by atoms with E-state index in [2.05, 4.69) is 20.9 Å². The summed E-state index contributed by atoms with van der Waals surface area (Å²) >= 11 is 2.91. The van der Waals surface area contributed by atoms with Gasteiger partial charge in [0.15, 0.2) is 5.82 Å². The molecule has 2 amide bonds. The van der Waals surface area contributed by atoms with Crippen molar-refractivity contribution < 1.29 is 23.1 Å². The number of rotatable bonds is 0. The number of aromatic nitrogens is 1. The van der Waals surface area contributed by atoms with Gasteiger partial charge in [0.2, 0.25) is 0 Å². The van der Waals surface area contributed by atoms with E-state index < -0.39 is 29.4 Å². The van der Waals surface area contributed by atoms with Crippen LogP contribution in [0.25, 0.3) is 10.9 Å². The van der Waals surface area contributed by atoms with Gasteiger partial charge in [-0.05, 0) is 42.8 Å². The lowest BCUT2D eigenvalue weighted by Crippen LogP contribution is -2.63. The molecule has 2 aliphatic rings. The fraction of sp³-hybridized carbons (Fsp3) is 0.450. The number of pyridine rings is 1. The first kappa shape index (κ1) is 20.8. The summed E-state index contributed by atoms with van der Waals surface area (Å²) in [6.07, 6.45) is 0.920. The number of piperazine rings is 1. The number of fused-ring (bicyclic) bond motifs is 5. The van der Waals surface area contributed by atoms with Gasteiger partial charge in [-0.25, -0.2) is 13.6 Å². The number of amides is 2. The van der Waals surface area contributed by atoms with Crippen molar-refractivity contribution in [2.75, 3.05) is 36.5 Å². The minimum absolute atomic E-state index is 0.0121. The first-order valence-corrected chi connectivity index (χ1v) is 10.3. The van der Waals surface area contributed by atoms with Gasteiger partial charge in [-0.2, -0.15) is 0 Å².